The normalized spacial score (nSPS) is 14.7. The first-order chi connectivity index (χ1) is 6.04. The van der Waals surface area contributed by atoms with E-state index in [1.165, 1.54) is 0 Å². The Labute approximate surface area is 81.4 Å². The highest BCUT2D eigenvalue weighted by atomic mass is 15.1. The van der Waals surface area contributed by atoms with E-state index >= 15 is 0 Å². The molecule has 0 radical (unpaired) electrons. The van der Waals surface area contributed by atoms with E-state index in [1.807, 2.05) is 50.9 Å². The van der Waals surface area contributed by atoms with Gasteiger partial charge < -0.3 is 10.6 Å². The van der Waals surface area contributed by atoms with Crippen molar-refractivity contribution < 1.29 is 0 Å². The van der Waals surface area contributed by atoms with Crippen molar-refractivity contribution in [1.29, 1.82) is 0 Å². The van der Waals surface area contributed by atoms with Crippen LogP contribution in [-0.2, 0) is 0 Å². The van der Waals surface area contributed by atoms with E-state index in [0.29, 0.717) is 0 Å². The summed E-state index contributed by atoms with van der Waals surface area (Å²) in [5.41, 5.74) is 7.84. The first kappa shape index (κ1) is 12.0. The maximum Gasteiger partial charge on any atom is 0.0417 e. The highest BCUT2D eigenvalue weighted by Crippen LogP contribution is 2.12. The van der Waals surface area contributed by atoms with Crippen LogP contribution < -0.4 is 5.73 Å². The van der Waals surface area contributed by atoms with Crippen molar-refractivity contribution in [2.45, 2.75) is 26.8 Å². The second-order valence-electron chi connectivity index (χ2n) is 3.05. The van der Waals surface area contributed by atoms with Crippen LogP contribution in [0.3, 0.4) is 0 Å². The van der Waals surface area contributed by atoms with E-state index in [2.05, 4.69) is 6.58 Å². The molecule has 0 aliphatic heterocycles. The molecule has 0 fully saturated rings. The Morgan fingerprint density at radius 3 is 2.31 bits per heavy atom. The first-order valence-corrected chi connectivity index (χ1v) is 4.51. The van der Waals surface area contributed by atoms with Gasteiger partial charge in [-0.1, -0.05) is 18.7 Å². The summed E-state index contributed by atoms with van der Waals surface area (Å²) < 4.78 is 0. The molecular formula is C11H20N2. The molecular weight excluding hydrogens is 160 g/mol. The Morgan fingerprint density at radius 2 is 2.00 bits per heavy atom. The molecule has 0 aliphatic rings. The number of rotatable bonds is 4. The zero-order valence-corrected chi connectivity index (χ0v) is 9.04. The van der Waals surface area contributed by atoms with Crippen molar-refractivity contribution in [3.8, 4) is 0 Å². The van der Waals surface area contributed by atoms with Crippen LogP contribution in [0.2, 0.25) is 0 Å². The molecule has 0 saturated heterocycles. The van der Waals surface area contributed by atoms with Crippen molar-refractivity contribution >= 4 is 0 Å². The van der Waals surface area contributed by atoms with Crippen LogP contribution in [0.1, 0.15) is 20.8 Å². The SMILES string of the molecule is C=C(/C=C\C)N(C)/C(=C\C)C(C)N. The van der Waals surface area contributed by atoms with Crippen LogP contribution in [0.5, 0.6) is 0 Å². The lowest BCUT2D eigenvalue weighted by Gasteiger charge is -2.25. The van der Waals surface area contributed by atoms with E-state index in [9.17, 15) is 0 Å². The number of nitrogens with two attached hydrogens (primary N) is 1. The molecule has 0 heterocycles. The lowest BCUT2D eigenvalue weighted by atomic mass is 10.2. The van der Waals surface area contributed by atoms with Crippen molar-refractivity contribution in [3.05, 3.63) is 36.2 Å². The number of likely N-dealkylation sites (N-methyl/N-ethyl adjacent to an activating group) is 1. The van der Waals surface area contributed by atoms with E-state index in [0.717, 1.165) is 11.4 Å². The van der Waals surface area contributed by atoms with Crippen LogP contribution in [0.15, 0.2) is 36.2 Å². The molecule has 0 saturated carbocycles. The van der Waals surface area contributed by atoms with Gasteiger partial charge in [-0.15, -0.1) is 0 Å². The molecule has 13 heavy (non-hydrogen) atoms. The van der Waals surface area contributed by atoms with Crippen molar-refractivity contribution in [3.63, 3.8) is 0 Å². The third-order valence-electron chi connectivity index (χ3n) is 1.94. The molecule has 0 aliphatic carbocycles. The van der Waals surface area contributed by atoms with Gasteiger partial charge in [-0.3, -0.25) is 0 Å². The summed E-state index contributed by atoms with van der Waals surface area (Å²) in [6.45, 7) is 9.86. The highest BCUT2D eigenvalue weighted by Gasteiger charge is 2.08. The lowest BCUT2D eigenvalue weighted by Crippen LogP contribution is -2.29. The summed E-state index contributed by atoms with van der Waals surface area (Å²) in [7, 11) is 1.97. The van der Waals surface area contributed by atoms with Crippen LogP contribution in [0.4, 0.5) is 0 Å². The average Bonchev–Trinajstić information content (AvgIpc) is 2.05. The summed E-state index contributed by atoms with van der Waals surface area (Å²) in [4.78, 5) is 2.00. The lowest BCUT2D eigenvalue weighted by molar-refractivity contribution is 0.492. The minimum atomic E-state index is 0.0389. The largest absolute Gasteiger partial charge is 0.347 e. The van der Waals surface area contributed by atoms with Gasteiger partial charge >= 0.3 is 0 Å². The Balaban J connectivity index is 4.57. The molecule has 0 aromatic heterocycles. The maximum atomic E-state index is 5.81. The van der Waals surface area contributed by atoms with Gasteiger partial charge in [0.1, 0.15) is 0 Å². The van der Waals surface area contributed by atoms with Crippen LogP contribution in [-0.4, -0.2) is 18.0 Å². The Bertz CT molecular complexity index is 224. The average molecular weight is 180 g/mol. The zero-order chi connectivity index (χ0) is 10.4. The molecule has 0 bridgehead atoms. The smallest absolute Gasteiger partial charge is 0.0417 e. The zero-order valence-electron chi connectivity index (χ0n) is 9.04. The van der Waals surface area contributed by atoms with Gasteiger partial charge in [-0.2, -0.15) is 0 Å². The van der Waals surface area contributed by atoms with Crippen molar-refractivity contribution in [2.75, 3.05) is 7.05 Å². The van der Waals surface area contributed by atoms with Crippen LogP contribution in [0, 0.1) is 0 Å². The molecule has 1 unspecified atom stereocenters. The third-order valence-corrected chi connectivity index (χ3v) is 1.94. The minimum Gasteiger partial charge on any atom is -0.347 e. The van der Waals surface area contributed by atoms with E-state index < -0.39 is 0 Å². The molecule has 0 aromatic carbocycles. The predicted molar refractivity (Wildman–Crippen MR) is 59.1 cm³/mol. The summed E-state index contributed by atoms with van der Waals surface area (Å²) >= 11 is 0. The van der Waals surface area contributed by atoms with E-state index in [4.69, 9.17) is 5.73 Å². The quantitative estimate of drug-likeness (QED) is 0.672. The number of hydrogen-bond acceptors (Lipinski definition) is 2. The summed E-state index contributed by atoms with van der Waals surface area (Å²) in [6.07, 6.45) is 5.94. The molecule has 74 valence electrons. The number of nitrogens with zero attached hydrogens (tertiary/aromatic N) is 1. The Kier molecular flexibility index (Phi) is 5.16. The summed E-state index contributed by atoms with van der Waals surface area (Å²) in [6, 6.07) is 0.0389. The van der Waals surface area contributed by atoms with Gasteiger partial charge in [-0.25, -0.2) is 0 Å². The molecule has 2 N–H and O–H groups in total. The molecule has 0 amide bonds. The van der Waals surface area contributed by atoms with Crippen LogP contribution in [0.25, 0.3) is 0 Å². The number of hydrogen-bond donors (Lipinski definition) is 1. The number of allylic oxidation sites excluding steroid dienone is 3. The fraction of sp³-hybridized carbons (Fsp3) is 0.455. The van der Waals surface area contributed by atoms with Gasteiger partial charge in [0.25, 0.3) is 0 Å². The fourth-order valence-corrected chi connectivity index (χ4v) is 1.23. The minimum absolute atomic E-state index is 0.0389. The standard InChI is InChI=1S/C11H20N2/c1-6-8-9(3)13(5)11(7-2)10(4)12/h6-8,10H,3,12H2,1-2,4-5H3/b8-6-,11-7-. The maximum absolute atomic E-state index is 5.81. The molecule has 2 heteroatoms. The Morgan fingerprint density at radius 1 is 1.46 bits per heavy atom. The second-order valence-corrected chi connectivity index (χ2v) is 3.05. The summed E-state index contributed by atoms with van der Waals surface area (Å²) in [5, 5.41) is 0. The molecule has 2 nitrogen and oxygen atoms in total. The van der Waals surface area contributed by atoms with Gasteiger partial charge in [0.15, 0.2) is 0 Å². The second kappa shape index (κ2) is 5.60. The fourth-order valence-electron chi connectivity index (χ4n) is 1.23. The summed E-state index contributed by atoms with van der Waals surface area (Å²) in [5.74, 6) is 0. The Hall–Kier alpha value is -1.02. The van der Waals surface area contributed by atoms with E-state index in [-0.39, 0.29) is 6.04 Å². The van der Waals surface area contributed by atoms with Crippen molar-refractivity contribution in [2.24, 2.45) is 5.73 Å². The topological polar surface area (TPSA) is 29.3 Å². The monoisotopic (exact) mass is 180 g/mol. The third kappa shape index (κ3) is 3.47. The van der Waals surface area contributed by atoms with Gasteiger partial charge in [0.05, 0.1) is 0 Å². The molecule has 1 atom stereocenters. The molecule has 0 rings (SSSR count). The highest BCUT2D eigenvalue weighted by molar-refractivity contribution is 5.21. The van der Waals surface area contributed by atoms with E-state index in [1.54, 1.807) is 0 Å². The van der Waals surface area contributed by atoms with Gasteiger partial charge in [-0.05, 0) is 26.8 Å². The molecule has 0 spiro atoms. The van der Waals surface area contributed by atoms with Crippen molar-refractivity contribution in [1.82, 2.24) is 4.90 Å². The van der Waals surface area contributed by atoms with Gasteiger partial charge in [0.2, 0.25) is 0 Å². The molecule has 0 aromatic rings. The predicted octanol–water partition coefficient (Wildman–Crippen LogP) is 2.26. The van der Waals surface area contributed by atoms with Gasteiger partial charge in [0, 0.05) is 24.5 Å². The first-order valence-electron chi connectivity index (χ1n) is 4.51. The van der Waals surface area contributed by atoms with Crippen LogP contribution >= 0.6 is 0 Å².